The summed E-state index contributed by atoms with van der Waals surface area (Å²) in [5.74, 6) is 1.47. The summed E-state index contributed by atoms with van der Waals surface area (Å²) in [6.45, 7) is 12.6. The smallest absolute Gasteiger partial charge is 0.225 e. The van der Waals surface area contributed by atoms with Crippen molar-refractivity contribution in [2.24, 2.45) is 17.4 Å². The molecule has 36 heavy (non-hydrogen) atoms. The van der Waals surface area contributed by atoms with E-state index >= 15 is 0 Å². The van der Waals surface area contributed by atoms with Gasteiger partial charge in [0.2, 0.25) is 5.91 Å². The molecule has 8 nitrogen and oxygen atoms in total. The van der Waals surface area contributed by atoms with Crippen LogP contribution in [0.25, 0.3) is 5.57 Å². The Kier molecular flexibility index (Phi) is 7.70. The van der Waals surface area contributed by atoms with Crippen LogP contribution in [-0.4, -0.2) is 54.2 Å². The minimum Gasteiger partial charge on any atom is -0.404 e. The van der Waals surface area contributed by atoms with Crippen LogP contribution in [0.2, 0.25) is 0 Å². The highest BCUT2D eigenvalue weighted by Gasteiger charge is 2.37. The quantitative estimate of drug-likeness (QED) is 0.536. The molecule has 1 aromatic rings. The number of carbonyl (C=O) groups is 1. The number of rotatable bonds is 8. The summed E-state index contributed by atoms with van der Waals surface area (Å²) in [5, 5.41) is 10.2. The van der Waals surface area contributed by atoms with Crippen molar-refractivity contribution in [1.29, 1.82) is 5.26 Å². The highest BCUT2D eigenvalue weighted by atomic mass is 16.5. The molecule has 2 saturated heterocycles. The van der Waals surface area contributed by atoms with Crippen LogP contribution in [0, 0.1) is 24.2 Å². The molecule has 3 aliphatic rings. The van der Waals surface area contributed by atoms with Crippen molar-refractivity contribution < 1.29 is 9.53 Å². The molecule has 1 aromatic heterocycles. The second-order valence-electron chi connectivity index (χ2n) is 10.4. The molecule has 1 unspecified atom stereocenters. The van der Waals surface area contributed by atoms with Gasteiger partial charge >= 0.3 is 0 Å². The fourth-order valence-corrected chi connectivity index (χ4v) is 5.17. The highest BCUT2D eigenvalue weighted by Crippen LogP contribution is 2.45. The number of nitrogens with two attached hydrogens (primary N) is 2. The van der Waals surface area contributed by atoms with Crippen molar-refractivity contribution in [3.8, 4) is 6.07 Å². The summed E-state index contributed by atoms with van der Waals surface area (Å²) in [6.07, 6.45) is 8.46. The van der Waals surface area contributed by atoms with Crippen molar-refractivity contribution in [2.45, 2.75) is 64.5 Å². The van der Waals surface area contributed by atoms with E-state index in [0.29, 0.717) is 49.1 Å². The number of nitrogens with zero attached hydrogens (tertiary/aromatic N) is 4. The number of hydrogen-bond acceptors (Lipinski definition) is 7. The van der Waals surface area contributed by atoms with Gasteiger partial charge in [-0.15, -0.1) is 0 Å². The van der Waals surface area contributed by atoms with E-state index in [9.17, 15) is 10.1 Å². The van der Waals surface area contributed by atoms with Gasteiger partial charge in [0.05, 0.1) is 29.8 Å². The van der Waals surface area contributed by atoms with Crippen LogP contribution in [-0.2, 0) is 9.53 Å². The summed E-state index contributed by atoms with van der Waals surface area (Å²) < 4.78 is 5.50. The molecule has 0 bridgehead atoms. The van der Waals surface area contributed by atoms with Crippen molar-refractivity contribution >= 4 is 17.3 Å². The molecule has 0 radical (unpaired) electrons. The Hall–Kier alpha value is -3.31. The maximum Gasteiger partial charge on any atom is 0.225 e. The third kappa shape index (κ3) is 5.12. The zero-order chi connectivity index (χ0) is 26.0. The second kappa shape index (κ2) is 10.8. The first-order chi connectivity index (χ1) is 17.3. The number of anilines is 1. The van der Waals surface area contributed by atoms with Crippen LogP contribution in [0.1, 0.15) is 67.8 Å². The molecule has 1 amide bonds. The topological polar surface area (TPSA) is 122 Å². The van der Waals surface area contributed by atoms with Gasteiger partial charge in [-0.05, 0) is 49.8 Å². The zero-order valence-electron chi connectivity index (χ0n) is 21.7. The van der Waals surface area contributed by atoms with Gasteiger partial charge in [0.25, 0.3) is 0 Å². The fourth-order valence-electron chi connectivity index (χ4n) is 5.17. The summed E-state index contributed by atoms with van der Waals surface area (Å²) in [7, 11) is 0. The molecule has 1 saturated carbocycles. The van der Waals surface area contributed by atoms with Crippen LogP contribution in [0.4, 0.5) is 5.82 Å². The lowest BCUT2D eigenvalue weighted by Gasteiger charge is -2.45. The third-order valence-corrected chi connectivity index (χ3v) is 7.56. The van der Waals surface area contributed by atoms with E-state index < -0.39 is 0 Å². The summed E-state index contributed by atoms with van der Waals surface area (Å²) in [5.41, 5.74) is 16.6. The number of allylic oxidation sites excluding steroid dienone is 3. The van der Waals surface area contributed by atoms with Gasteiger partial charge in [0.1, 0.15) is 11.9 Å². The summed E-state index contributed by atoms with van der Waals surface area (Å²) in [4.78, 5) is 22.4. The molecule has 0 aromatic carbocycles. The maximum absolute atomic E-state index is 13.1. The molecule has 192 valence electrons. The molecule has 0 spiro atoms. The number of hydrogen-bond donors (Lipinski definition) is 2. The van der Waals surface area contributed by atoms with Gasteiger partial charge in [-0.3, -0.25) is 4.79 Å². The number of pyridine rings is 1. The fraction of sp³-hybridized carbons (Fsp3) is 0.536. The molecule has 3 heterocycles. The lowest BCUT2D eigenvalue weighted by atomic mass is 9.92. The van der Waals surface area contributed by atoms with Crippen LogP contribution in [0.3, 0.4) is 0 Å². The number of amides is 1. The molecular formula is C28H38N6O2. The van der Waals surface area contributed by atoms with Crippen molar-refractivity contribution in [2.75, 3.05) is 31.1 Å². The van der Waals surface area contributed by atoms with Crippen molar-refractivity contribution in [3.05, 3.63) is 53.0 Å². The number of piperazine rings is 1. The number of aromatic nitrogens is 1. The first-order valence-corrected chi connectivity index (χ1v) is 12.9. The normalized spacial score (nSPS) is 22.9. The molecule has 2 atom stereocenters. The largest absolute Gasteiger partial charge is 0.404 e. The van der Waals surface area contributed by atoms with E-state index in [1.807, 2.05) is 11.8 Å². The van der Waals surface area contributed by atoms with Gasteiger partial charge < -0.3 is 26.0 Å². The van der Waals surface area contributed by atoms with E-state index in [-0.39, 0.29) is 24.0 Å². The van der Waals surface area contributed by atoms with Crippen molar-refractivity contribution in [1.82, 2.24) is 9.88 Å². The van der Waals surface area contributed by atoms with E-state index in [2.05, 4.69) is 31.4 Å². The van der Waals surface area contributed by atoms with Gasteiger partial charge in [-0.2, -0.15) is 5.26 Å². The first-order valence-electron chi connectivity index (χ1n) is 12.9. The second-order valence-corrected chi connectivity index (χ2v) is 10.4. The molecular weight excluding hydrogens is 452 g/mol. The first kappa shape index (κ1) is 25.8. The van der Waals surface area contributed by atoms with Crippen molar-refractivity contribution in [3.63, 3.8) is 0 Å². The van der Waals surface area contributed by atoms with E-state index in [4.69, 9.17) is 21.2 Å². The number of nitriles is 1. The van der Waals surface area contributed by atoms with Gasteiger partial charge in [-0.25, -0.2) is 4.98 Å². The van der Waals surface area contributed by atoms with E-state index in [1.165, 1.54) is 6.20 Å². The molecule has 1 aliphatic carbocycles. The minimum atomic E-state index is 0.0406. The van der Waals surface area contributed by atoms with Crippen LogP contribution >= 0.6 is 0 Å². The van der Waals surface area contributed by atoms with Gasteiger partial charge in [0.15, 0.2) is 0 Å². The Bertz CT molecular complexity index is 1120. The lowest BCUT2D eigenvalue weighted by molar-refractivity contribution is -0.142. The average molecular weight is 491 g/mol. The Balaban J connectivity index is 1.69. The maximum atomic E-state index is 13.1. The number of carbonyl (C=O) groups excluding carboxylic acids is 1. The Labute approximate surface area is 214 Å². The Morgan fingerprint density at radius 2 is 2.06 bits per heavy atom. The zero-order valence-corrected chi connectivity index (χ0v) is 21.7. The molecule has 4 rings (SSSR count). The molecule has 4 N–H and O–H groups in total. The van der Waals surface area contributed by atoms with Gasteiger partial charge in [-0.1, -0.05) is 20.4 Å². The predicted molar refractivity (Wildman–Crippen MR) is 142 cm³/mol. The molecule has 3 fully saturated rings. The Morgan fingerprint density at radius 1 is 1.33 bits per heavy atom. The summed E-state index contributed by atoms with van der Waals surface area (Å²) in [6, 6.07) is 2.45. The molecule has 2 aliphatic heterocycles. The lowest BCUT2D eigenvalue weighted by Crippen LogP contribution is -2.58. The predicted octanol–water partition coefficient (Wildman–Crippen LogP) is 3.32. The third-order valence-electron chi connectivity index (χ3n) is 7.56. The SMILES string of the molecule is C=C/C(N)=C/C(=C\N)c1c(C2CC2)nc(N2CCN(C(=O)C[C@H]3CCO3)C(C(C)C)C2)c(C#N)c1C. The van der Waals surface area contributed by atoms with E-state index in [0.717, 1.165) is 48.3 Å². The van der Waals surface area contributed by atoms with Crippen LogP contribution in [0.5, 0.6) is 0 Å². The summed E-state index contributed by atoms with van der Waals surface area (Å²) >= 11 is 0. The highest BCUT2D eigenvalue weighted by molar-refractivity contribution is 5.82. The standard InChI is InChI=1S/C28H38N6O2/c1-5-21(31)12-20(14-29)26-18(4)23(15-30)28(32-27(26)19-6-7-19)33-9-10-34(24(16-33)17(2)3)25(35)13-22-8-11-36-22/h5,12,14,17,19,22,24H,1,6-11,13,16,29,31H2,2-4H3/b20-14+,21-12-/t22-,24?/m1/s1. The minimum absolute atomic E-state index is 0.0406. The number of ether oxygens (including phenoxy) is 1. The average Bonchev–Trinajstić information content (AvgIpc) is 3.69. The van der Waals surface area contributed by atoms with Crippen LogP contribution < -0.4 is 16.4 Å². The van der Waals surface area contributed by atoms with Gasteiger partial charge in [0, 0.05) is 55.2 Å². The molecule has 8 heteroatoms. The van der Waals surface area contributed by atoms with Crippen LogP contribution in [0.15, 0.2) is 30.6 Å². The Morgan fingerprint density at radius 3 is 2.58 bits per heavy atom. The van der Waals surface area contributed by atoms with E-state index in [1.54, 1.807) is 12.2 Å². The monoisotopic (exact) mass is 490 g/mol.